The first-order chi connectivity index (χ1) is 13.7. The molecule has 0 bridgehead atoms. The fraction of sp³-hybridized carbons (Fsp3) is 0.227. The van der Waals surface area contributed by atoms with Crippen LogP contribution >= 0.6 is 0 Å². The molecular weight excluding hydrogens is 359 g/mol. The van der Waals surface area contributed by atoms with E-state index < -0.39 is 5.82 Å². The summed E-state index contributed by atoms with van der Waals surface area (Å²) in [5.74, 6) is 0.554. The summed E-state index contributed by atoms with van der Waals surface area (Å²) in [4.78, 5) is 15.0. The topological polar surface area (TPSA) is 43.7 Å². The Morgan fingerprint density at radius 2 is 1.79 bits per heavy atom. The van der Waals surface area contributed by atoms with Gasteiger partial charge in [-0.15, -0.1) is 0 Å². The Labute approximate surface area is 161 Å². The smallest absolute Gasteiger partial charge is 0.257 e. The molecule has 1 aromatic heterocycles. The molecule has 3 aromatic rings. The van der Waals surface area contributed by atoms with Crippen LogP contribution in [0.3, 0.4) is 0 Å². The Balaban J connectivity index is 1.59. The Morgan fingerprint density at radius 1 is 0.964 bits per heavy atom. The molecule has 5 nitrogen and oxygen atoms in total. The van der Waals surface area contributed by atoms with Crippen molar-refractivity contribution in [3.8, 4) is 11.5 Å². The summed E-state index contributed by atoms with van der Waals surface area (Å²) >= 11 is 0. The van der Waals surface area contributed by atoms with Gasteiger partial charge in [0.15, 0.2) is 11.5 Å². The summed E-state index contributed by atoms with van der Waals surface area (Å²) in [5, 5.41) is 0. The summed E-state index contributed by atoms with van der Waals surface area (Å²) in [6.07, 6.45) is 2.01. The van der Waals surface area contributed by atoms with Gasteiger partial charge in [-0.05, 0) is 42.0 Å². The Hall–Kier alpha value is -3.28. The highest BCUT2D eigenvalue weighted by Crippen LogP contribution is 2.38. The predicted molar refractivity (Wildman–Crippen MR) is 101 cm³/mol. The van der Waals surface area contributed by atoms with Gasteiger partial charge in [0.25, 0.3) is 5.91 Å². The first kappa shape index (κ1) is 16.9. The van der Waals surface area contributed by atoms with Crippen molar-refractivity contribution in [2.45, 2.75) is 12.6 Å². The van der Waals surface area contributed by atoms with E-state index in [2.05, 4.69) is 4.57 Å². The minimum absolute atomic E-state index is 0.0880. The first-order valence-corrected chi connectivity index (χ1v) is 9.32. The molecular formula is C22H19FN2O3. The van der Waals surface area contributed by atoms with Gasteiger partial charge in [0.1, 0.15) is 19.0 Å². The monoisotopic (exact) mass is 378 g/mol. The lowest BCUT2D eigenvalue weighted by Gasteiger charge is -2.37. The molecule has 1 atom stereocenters. The van der Waals surface area contributed by atoms with Crippen molar-refractivity contribution in [3.63, 3.8) is 0 Å². The van der Waals surface area contributed by atoms with Gasteiger partial charge in [-0.2, -0.15) is 0 Å². The zero-order chi connectivity index (χ0) is 19.1. The molecule has 28 heavy (non-hydrogen) atoms. The molecule has 5 rings (SSSR count). The van der Waals surface area contributed by atoms with E-state index >= 15 is 0 Å². The number of ether oxygens (including phenoxy) is 2. The number of carbonyl (C=O) groups excluding carboxylic acids is 1. The number of hydrogen-bond acceptors (Lipinski definition) is 3. The Morgan fingerprint density at radius 3 is 2.64 bits per heavy atom. The highest BCUT2D eigenvalue weighted by atomic mass is 19.1. The number of hydrogen-bond donors (Lipinski definition) is 0. The molecule has 2 aliphatic heterocycles. The van der Waals surface area contributed by atoms with Crippen LogP contribution in [0.5, 0.6) is 11.5 Å². The lowest BCUT2D eigenvalue weighted by atomic mass is 9.98. The van der Waals surface area contributed by atoms with E-state index in [9.17, 15) is 9.18 Å². The lowest BCUT2D eigenvalue weighted by molar-refractivity contribution is 0.0658. The van der Waals surface area contributed by atoms with E-state index in [1.54, 1.807) is 17.0 Å². The normalized spacial score (nSPS) is 17.9. The van der Waals surface area contributed by atoms with Crippen molar-refractivity contribution in [2.24, 2.45) is 0 Å². The second-order valence-electron chi connectivity index (χ2n) is 6.91. The van der Waals surface area contributed by atoms with Crippen molar-refractivity contribution in [1.82, 2.24) is 9.47 Å². The summed E-state index contributed by atoms with van der Waals surface area (Å²) in [6, 6.07) is 15.5. The van der Waals surface area contributed by atoms with Gasteiger partial charge in [-0.3, -0.25) is 4.79 Å². The van der Waals surface area contributed by atoms with Crippen LogP contribution in [0, 0.1) is 5.82 Å². The van der Waals surface area contributed by atoms with Gasteiger partial charge in [-0.1, -0.05) is 18.2 Å². The van der Waals surface area contributed by atoms with Gasteiger partial charge >= 0.3 is 0 Å². The average Bonchev–Trinajstić information content (AvgIpc) is 3.21. The first-order valence-electron chi connectivity index (χ1n) is 9.32. The minimum atomic E-state index is -0.505. The number of amides is 1. The number of fused-ring (bicyclic) bond motifs is 2. The minimum Gasteiger partial charge on any atom is -0.486 e. The van der Waals surface area contributed by atoms with Gasteiger partial charge in [0.2, 0.25) is 0 Å². The number of carbonyl (C=O) groups is 1. The van der Waals surface area contributed by atoms with Gasteiger partial charge in [-0.25, -0.2) is 4.39 Å². The van der Waals surface area contributed by atoms with Gasteiger partial charge in [0.05, 0.1) is 11.6 Å². The second-order valence-corrected chi connectivity index (χ2v) is 6.91. The highest BCUT2D eigenvalue weighted by Gasteiger charge is 2.34. The molecule has 0 saturated heterocycles. The summed E-state index contributed by atoms with van der Waals surface area (Å²) in [6.45, 7) is 2.18. The van der Waals surface area contributed by atoms with E-state index in [1.165, 1.54) is 12.1 Å². The van der Waals surface area contributed by atoms with Crippen LogP contribution in [0.2, 0.25) is 0 Å². The zero-order valence-corrected chi connectivity index (χ0v) is 15.2. The standard InChI is InChI=1S/C22H19FN2O3/c23-17-5-2-1-4-16(17)22(26)25-11-10-24-9-3-6-18(24)21(25)15-7-8-19-20(14-15)28-13-12-27-19/h1-9,14,21H,10-13H2. The third-order valence-corrected chi connectivity index (χ3v) is 5.29. The van der Waals surface area contributed by atoms with Gasteiger partial charge in [0, 0.05) is 25.0 Å². The number of aromatic nitrogens is 1. The van der Waals surface area contributed by atoms with Crippen molar-refractivity contribution in [2.75, 3.05) is 19.8 Å². The maximum absolute atomic E-state index is 14.3. The quantitative estimate of drug-likeness (QED) is 0.684. The largest absolute Gasteiger partial charge is 0.486 e. The van der Waals surface area contributed by atoms with Gasteiger partial charge < -0.3 is 18.9 Å². The zero-order valence-electron chi connectivity index (χ0n) is 15.2. The molecule has 1 unspecified atom stereocenters. The Kier molecular flexibility index (Phi) is 4.04. The van der Waals surface area contributed by atoms with Crippen molar-refractivity contribution >= 4 is 5.91 Å². The van der Waals surface area contributed by atoms with E-state index in [0.717, 1.165) is 11.3 Å². The SMILES string of the molecule is O=C(c1ccccc1F)N1CCn2cccc2C1c1ccc2c(c1)OCCO2. The van der Waals surface area contributed by atoms with Crippen molar-refractivity contribution < 1.29 is 18.7 Å². The molecule has 0 aliphatic carbocycles. The van der Waals surface area contributed by atoms with Crippen LogP contribution in [0.15, 0.2) is 60.8 Å². The molecule has 3 heterocycles. The molecule has 2 aliphatic rings. The number of rotatable bonds is 2. The van der Waals surface area contributed by atoms with E-state index in [4.69, 9.17) is 9.47 Å². The molecule has 6 heteroatoms. The summed E-state index contributed by atoms with van der Waals surface area (Å²) < 4.78 is 27.8. The number of benzene rings is 2. The fourth-order valence-corrected chi connectivity index (χ4v) is 3.97. The van der Waals surface area contributed by atoms with Crippen LogP contribution in [0.4, 0.5) is 4.39 Å². The van der Waals surface area contributed by atoms with Crippen molar-refractivity contribution in [1.29, 1.82) is 0 Å². The van der Waals surface area contributed by atoms with Crippen LogP contribution < -0.4 is 9.47 Å². The second kappa shape index (κ2) is 6.71. The highest BCUT2D eigenvalue weighted by molar-refractivity contribution is 5.95. The average molecular weight is 378 g/mol. The van der Waals surface area contributed by atoms with Crippen molar-refractivity contribution in [3.05, 3.63) is 83.4 Å². The van der Waals surface area contributed by atoms with E-state index in [1.807, 2.05) is 36.5 Å². The fourth-order valence-electron chi connectivity index (χ4n) is 3.97. The molecule has 0 N–H and O–H groups in total. The maximum atomic E-state index is 14.3. The van der Waals surface area contributed by atoms with Crippen LogP contribution in [-0.4, -0.2) is 35.1 Å². The van der Waals surface area contributed by atoms with E-state index in [0.29, 0.717) is 37.8 Å². The third-order valence-electron chi connectivity index (χ3n) is 5.29. The van der Waals surface area contributed by atoms with Crippen LogP contribution in [0.1, 0.15) is 27.7 Å². The summed E-state index contributed by atoms with van der Waals surface area (Å²) in [5.41, 5.74) is 1.99. The molecule has 0 fully saturated rings. The molecule has 142 valence electrons. The number of nitrogens with zero attached hydrogens (tertiary/aromatic N) is 2. The maximum Gasteiger partial charge on any atom is 0.257 e. The molecule has 0 spiro atoms. The predicted octanol–water partition coefficient (Wildman–Crippen LogP) is 3.64. The summed E-state index contributed by atoms with van der Waals surface area (Å²) in [7, 11) is 0. The lowest BCUT2D eigenvalue weighted by Crippen LogP contribution is -2.42. The van der Waals surface area contributed by atoms with Crippen LogP contribution in [-0.2, 0) is 6.54 Å². The molecule has 1 amide bonds. The molecule has 0 saturated carbocycles. The third kappa shape index (κ3) is 2.72. The van der Waals surface area contributed by atoms with Crippen LogP contribution in [0.25, 0.3) is 0 Å². The molecule has 2 aromatic carbocycles. The molecule has 0 radical (unpaired) electrons. The Bertz CT molecular complexity index is 1050. The van der Waals surface area contributed by atoms with E-state index in [-0.39, 0.29) is 17.5 Å². The number of halogens is 1.